The van der Waals surface area contributed by atoms with Crippen LogP contribution in [-0.4, -0.2) is 33.2 Å². The highest BCUT2D eigenvalue weighted by Crippen LogP contribution is 2.20. The number of nitrogens with one attached hydrogen (secondary N) is 2. The molecule has 0 amide bonds. The second kappa shape index (κ2) is 11.8. The van der Waals surface area contributed by atoms with Gasteiger partial charge in [0.05, 0.1) is 6.54 Å². The van der Waals surface area contributed by atoms with Crippen LogP contribution in [0.4, 0.5) is 0 Å². The first-order chi connectivity index (χ1) is 12.0. The SMILES string of the molecule is CCNC(=NCc1ccc(S(N)(=O)=O)s1)NCCSc1ccccc1.I. The van der Waals surface area contributed by atoms with Gasteiger partial charge < -0.3 is 10.6 Å². The number of nitrogens with zero attached hydrogens (tertiary/aromatic N) is 1. The third kappa shape index (κ3) is 8.25. The molecule has 2 rings (SSSR count). The molecule has 0 atom stereocenters. The zero-order valence-electron chi connectivity index (χ0n) is 14.3. The van der Waals surface area contributed by atoms with E-state index in [2.05, 4.69) is 27.8 Å². The van der Waals surface area contributed by atoms with E-state index in [1.165, 1.54) is 11.0 Å². The molecule has 0 aliphatic heterocycles. The molecule has 144 valence electrons. The van der Waals surface area contributed by atoms with E-state index in [4.69, 9.17) is 5.14 Å². The molecule has 0 saturated heterocycles. The van der Waals surface area contributed by atoms with Gasteiger partial charge in [-0.2, -0.15) is 0 Å². The first-order valence-electron chi connectivity index (χ1n) is 7.80. The summed E-state index contributed by atoms with van der Waals surface area (Å²) in [6.07, 6.45) is 0. The summed E-state index contributed by atoms with van der Waals surface area (Å²) in [5.41, 5.74) is 0. The van der Waals surface area contributed by atoms with E-state index in [9.17, 15) is 8.42 Å². The molecule has 1 heterocycles. The second-order valence-electron chi connectivity index (χ2n) is 5.05. The first-order valence-corrected chi connectivity index (χ1v) is 11.2. The highest BCUT2D eigenvalue weighted by Gasteiger charge is 2.10. The number of hydrogen-bond donors (Lipinski definition) is 3. The Bertz CT molecular complexity index is 795. The largest absolute Gasteiger partial charge is 0.357 e. The van der Waals surface area contributed by atoms with Crippen molar-refractivity contribution in [2.45, 2.75) is 22.6 Å². The smallest absolute Gasteiger partial charge is 0.247 e. The van der Waals surface area contributed by atoms with Crippen LogP contribution in [0.25, 0.3) is 0 Å². The Morgan fingerprint density at radius 2 is 1.92 bits per heavy atom. The van der Waals surface area contributed by atoms with E-state index < -0.39 is 10.0 Å². The van der Waals surface area contributed by atoms with E-state index in [0.717, 1.165) is 35.1 Å². The lowest BCUT2D eigenvalue weighted by Crippen LogP contribution is -2.38. The van der Waals surface area contributed by atoms with Gasteiger partial charge in [-0.25, -0.2) is 18.5 Å². The van der Waals surface area contributed by atoms with Crippen molar-refractivity contribution in [1.82, 2.24) is 10.6 Å². The summed E-state index contributed by atoms with van der Waals surface area (Å²) in [4.78, 5) is 6.57. The van der Waals surface area contributed by atoms with Crippen LogP contribution in [0.5, 0.6) is 0 Å². The lowest BCUT2D eigenvalue weighted by molar-refractivity contribution is 0.600. The summed E-state index contributed by atoms with van der Waals surface area (Å²) < 4.78 is 22.8. The fraction of sp³-hybridized carbons (Fsp3) is 0.312. The molecule has 10 heteroatoms. The molecule has 26 heavy (non-hydrogen) atoms. The number of sulfonamides is 1. The van der Waals surface area contributed by atoms with Crippen molar-refractivity contribution in [1.29, 1.82) is 0 Å². The van der Waals surface area contributed by atoms with Crippen LogP contribution in [0.3, 0.4) is 0 Å². The number of halogens is 1. The lowest BCUT2D eigenvalue weighted by Gasteiger charge is -2.10. The van der Waals surface area contributed by atoms with Crippen LogP contribution >= 0.6 is 47.1 Å². The Morgan fingerprint density at radius 3 is 2.54 bits per heavy atom. The Hall–Kier alpha value is -0.820. The molecule has 2 aromatic rings. The van der Waals surface area contributed by atoms with Gasteiger partial charge in [-0.3, -0.25) is 0 Å². The molecular weight excluding hydrogens is 503 g/mol. The lowest BCUT2D eigenvalue weighted by atomic mass is 10.4. The molecule has 0 fully saturated rings. The molecule has 0 radical (unpaired) electrons. The molecule has 1 aromatic carbocycles. The minimum Gasteiger partial charge on any atom is -0.357 e. The van der Waals surface area contributed by atoms with Gasteiger partial charge >= 0.3 is 0 Å². The highest BCUT2D eigenvalue weighted by atomic mass is 127. The average molecular weight is 526 g/mol. The van der Waals surface area contributed by atoms with Crippen LogP contribution in [0, 0.1) is 0 Å². The Morgan fingerprint density at radius 1 is 1.19 bits per heavy atom. The minimum absolute atomic E-state index is 0. The third-order valence-electron chi connectivity index (χ3n) is 3.06. The van der Waals surface area contributed by atoms with Crippen LogP contribution in [0.2, 0.25) is 0 Å². The highest BCUT2D eigenvalue weighted by molar-refractivity contribution is 14.0. The zero-order chi connectivity index (χ0) is 18.1. The molecule has 4 N–H and O–H groups in total. The number of primary sulfonamides is 1. The van der Waals surface area contributed by atoms with Crippen molar-refractivity contribution >= 4 is 63.1 Å². The Balaban J connectivity index is 0.00000338. The monoisotopic (exact) mass is 526 g/mol. The summed E-state index contributed by atoms with van der Waals surface area (Å²) in [6, 6.07) is 13.5. The van der Waals surface area contributed by atoms with Crippen molar-refractivity contribution < 1.29 is 8.42 Å². The van der Waals surface area contributed by atoms with E-state index in [-0.39, 0.29) is 28.2 Å². The van der Waals surface area contributed by atoms with Crippen LogP contribution in [0.1, 0.15) is 11.8 Å². The normalized spacial score (nSPS) is 11.7. The fourth-order valence-electron chi connectivity index (χ4n) is 1.95. The van der Waals surface area contributed by atoms with E-state index in [1.54, 1.807) is 17.8 Å². The zero-order valence-corrected chi connectivity index (χ0v) is 19.1. The van der Waals surface area contributed by atoms with Gasteiger partial charge in [0.25, 0.3) is 0 Å². The molecule has 6 nitrogen and oxygen atoms in total. The molecule has 0 aliphatic carbocycles. The van der Waals surface area contributed by atoms with Gasteiger partial charge in [0, 0.05) is 28.6 Å². The summed E-state index contributed by atoms with van der Waals surface area (Å²) >= 11 is 2.92. The standard InChI is InChI=1S/C16H22N4O2S3.HI/c1-2-18-16(19-10-11-23-13-6-4-3-5-7-13)20-12-14-8-9-15(24-14)25(17,21)22;/h3-9H,2,10-12H2,1H3,(H2,17,21,22)(H2,18,19,20);1H. The quantitative estimate of drug-likeness (QED) is 0.162. The van der Waals surface area contributed by atoms with Crippen molar-refractivity contribution in [3.05, 3.63) is 47.3 Å². The van der Waals surface area contributed by atoms with Crippen LogP contribution in [0.15, 0.2) is 56.6 Å². The van der Waals surface area contributed by atoms with Gasteiger partial charge in [0.2, 0.25) is 10.0 Å². The van der Waals surface area contributed by atoms with Crippen molar-refractivity contribution in [2.75, 3.05) is 18.8 Å². The average Bonchev–Trinajstić information content (AvgIpc) is 3.07. The van der Waals surface area contributed by atoms with E-state index >= 15 is 0 Å². The predicted molar refractivity (Wildman–Crippen MR) is 121 cm³/mol. The van der Waals surface area contributed by atoms with Gasteiger partial charge in [-0.1, -0.05) is 18.2 Å². The maximum Gasteiger partial charge on any atom is 0.247 e. The maximum atomic E-state index is 11.3. The molecule has 0 unspecified atom stereocenters. The van der Waals surface area contributed by atoms with Gasteiger partial charge in [0.1, 0.15) is 4.21 Å². The number of benzene rings is 1. The molecule has 1 aromatic heterocycles. The molecule has 0 saturated carbocycles. The number of thioether (sulfide) groups is 1. The molecule has 0 spiro atoms. The van der Waals surface area contributed by atoms with Gasteiger partial charge in [-0.05, 0) is 31.2 Å². The number of aliphatic imine (C=N–C) groups is 1. The summed E-state index contributed by atoms with van der Waals surface area (Å²) in [6.45, 7) is 3.93. The maximum absolute atomic E-state index is 11.3. The number of guanidine groups is 1. The topological polar surface area (TPSA) is 96.6 Å². The fourth-order valence-corrected chi connectivity index (χ4v) is 4.44. The molecule has 0 aliphatic rings. The summed E-state index contributed by atoms with van der Waals surface area (Å²) in [7, 11) is -3.64. The van der Waals surface area contributed by atoms with E-state index in [0.29, 0.717) is 12.5 Å². The second-order valence-corrected chi connectivity index (χ2v) is 9.17. The van der Waals surface area contributed by atoms with Gasteiger partial charge in [0.15, 0.2) is 5.96 Å². The van der Waals surface area contributed by atoms with Crippen molar-refractivity contribution in [3.8, 4) is 0 Å². The molecule has 0 bridgehead atoms. The Labute approximate surface area is 180 Å². The number of thiophene rings is 1. The number of hydrogen-bond acceptors (Lipinski definition) is 5. The van der Waals surface area contributed by atoms with E-state index in [1.807, 2.05) is 25.1 Å². The molecular formula is C16H23IN4O2S3. The minimum atomic E-state index is -3.64. The number of nitrogens with two attached hydrogens (primary N) is 1. The van der Waals surface area contributed by atoms with Crippen molar-refractivity contribution in [3.63, 3.8) is 0 Å². The third-order valence-corrected chi connectivity index (χ3v) is 6.58. The van der Waals surface area contributed by atoms with Gasteiger partial charge in [-0.15, -0.1) is 47.1 Å². The van der Waals surface area contributed by atoms with Crippen LogP contribution < -0.4 is 15.8 Å². The summed E-state index contributed by atoms with van der Waals surface area (Å²) in [5.74, 6) is 1.63. The predicted octanol–water partition coefficient (Wildman–Crippen LogP) is 2.86. The Kier molecular flexibility index (Phi) is 10.5. The van der Waals surface area contributed by atoms with Crippen molar-refractivity contribution in [2.24, 2.45) is 10.1 Å². The first kappa shape index (κ1) is 23.2. The number of rotatable bonds is 8. The summed E-state index contributed by atoms with van der Waals surface area (Å²) in [5, 5.41) is 11.6. The van der Waals surface area contributed by atoms with Crippen LogP contribution in [-0.2, 0) is 16.6 Å².